The molecule has 1 amide bonds. The Hall–Kier alpha value is -3.48. The summed E-state index contributed by atoms with van der Waals surface area (Å²) in [5.41, 5.74) is 6.74. The predicted octanol–water partition coefficient (Wildman–Crippen LogP) is 3.45. The Morgan fingerprint density at radius 3 is 2.77 bits per heavy atom. The number of aromatic nitrogens is 1. The Morgan fingerprint density at radius 1 is 1.27 bits per heavy atom. The minimum Gasteiger partial charge on any atom is -0.480 e. The van der Waals surface area contributed by atoms with Crippen LogP contribution in [0.2, 0.25) is 0 Å². The highest BCUT2D eigenvalue weighted by atomic mass is 19.1. The van der Waals surface area contributed by atoms with Gasteiger partial charge in [0, 0.05) is 41.1 Å². The van der Waals surface area contributed by atoms with E-state index < -0.39 is 5.97 Å². The average Bonchev–Trinajstić information content (AvgIpc) is 2.95. The minimum atomic E-state index is -0.963. The van der Waals surface area contributed by atoms with Crippen LogP contribution in [0, 0.1) is 18.7 Å². The highest BCUT2D eigenvalue weighted by molar-refractivity contribution is 5.99. The van der Waals surface area contributed by atoms with Gasteiger partial charge < -0.3 is 9.67 Å². The molecule has 0 aliphatic carbocycles. The second-order valence-electron chi connectivity index (χ2n) is 7.61. The van der Waals surface area contributed by atoms with Gasteiger partial charge in [0.2, 0.25) is 5.91 Å². The smallest absolute Gasteiger partial charge is 0.323 e. The van der Waals surface area contributed by atoms with Gasteiger partial charge in [0.15, 0.2) is 0 Å². The van der Waals surface area contributed by atoms with Crippen LogP contribution in [0.4, 0.5) is 4.39 Å². The summed E-state index contributed by atoms with van der Waals surface area (Å²) in [6.07, 6.45) is 1.42. The minimum absolute atomic E-state index is 0.0769. The molecule has 0 bridgehead atoms. The van der Waals surface area contributed by atoms with E-state index in [9.17, 15) is 19.1 Å². The van der Waals surface area contributed by atoms with Gasteiger partial charge in [-0.2, -0.15) is 5.10 Å². The number of halogens is 1. The summed E-state index contributed by atoms with van der Waals surface area (Å²) in [5, 5.41) is 14.3. The molecular weight excluding hydrogens is 385 g/mol. The molecule has 1 unspecified atom stereocenters. The second-order valence-corrected chi connectivity index (χ2v) is 7.61. The van der Waals surface area contributed by atoms with Crippen molar-refractivity contribution in [1.29, 1.82) is 0 Å². The molecule has 0 spiro atoms. The van der Waals surface area contributed by atoms with Gasteiger partial charge in [-0.15, -0.1) is 0 Å². The molecular formula is C23H22FN3O3. The predicted molar refractivity (Wildman–Crippen MR) is 112 cm³/mol. The molecule has 0 saturated heterocycles. The highest BCUT2D eigenvalue weighted by Gasteiger charge is 2.27. The zero-order valence-electron chi connectivity index (χ0n) is 16.6. The first kappa shape index (κ1) is 19.8. The number of carboxylic acids is 1. The van der Waals surface area contributed by atoms with Gasteiger partial charge in [-0.3, -0.25) is 9.59 Å². The van der Waals surface area contributed by atoms with Crippen molar-refractivity contribution in [2.45, 2.75) is 32.7 Å². The Morgan fingerprint density at radius 2 is 2.03 bits per heavy atom. The Labute approximate surface area is 173 Å². The van der Waals surface area contributed by atoms with E-state index in [4.69, 9.17) is 0 Å². The van der Waals surface area contributed by atoms with Crippen molar-refractivity contribution >= 4 is 28.5 Å². The van der Waals surface area contributed by atoms with Crippen LogP contribution in [-0.2, 0) is 29.0 Å². The van der Waals surface area contributed by atoms with Crippen LogP contribution in [0.25, 0.3) is 10.9 Å². The number of aliphatic carboxylic acids is 1. The molecule has 1 aliphatic rings. The Kier molecular flexibility index (Phi) is 5.35. The molecule has 6 nitrogen and oxygen atoms in total. The average molecular weight is 407 g/mol. The first-order chi connectivity index (χ1) is 14.4. The number of nitrogens with zero attached hydrogens (tertiary/aromatic N) is 2. The highest BCUT2D eigenvalue weighted by Crippen LogP contribution is 2.30. The number of fused-ring (bicyclic) bond motifs is 1. The van der Waals surface area contributed by atoms with Crippen molar-refractivity contribution in [2.75, 3.05) is 0 Å². The first-order valence-corrected chi connectivity index (χ1v) is 9.80. The number of benzene rings is 2. The number of nitrogens with one attached hydrogen (secondary N) is 1. The molecule has 3 aromatic rings. The third-order valence-electron chi connectivity index (χ3n) is 5.62. The number of carboxylic acid groups (broad SMARTS) is 1. The van der Waals surface area contributed by atoms with Crippen LogP contribution in [0.3, 0.4) is 0 Å². The van der Waals surface area contributed by atoms with E-state index in [1.807, 2.05) is 37.3 Å². The summed E-state index contributed by atoms with van der Waals surface area (Å²) in [4.78, 5) is 23.3. The van der Waals surface area contributed by atoms with Crippen molar-refractivity contribution in [3.05, 3.63) is 71.2 Å². The fraction of sp³-hybridized carbons (Fsp3) is 0.261. The summed E-state index contributed by atoms with van der Waals surface area (Å²) in [5.74, 6) is -1.55. The van der Waals surface area contributed by atoms with Crippen molar-refractivity contribution in [2.24, 2.45) is 11.0 Å². The molecule has 1 aliphatic heterocycles. The molecule has 7 heteroatoms. The molecule has 0 saturated carbocycles. The lowest BCUT2D eigenvalue weighted by Crippen LogP contribution is -2.35. The number of carbonyl (C=O) groups is 2. The fourth-order valence-electron chi connectivity index (χ4n) is 4.15. The van der Waals surface area contributed by atoms with Gasteiger partial charge >= 0.3 is 5.97 Å². The third kappa shape index (κ3) is 3.96. The zero-order chi connectivity index (χ0) is 21.3. The van der Waals surface area contributed by atoms with Crippen LogP contribution < -0.4 is 5.43 Å². The van der Waals surface area contributed by atoms with Crippen LogP contribution in [0.15, 0.2) is 53.6 Å². The van der Waals surface area contributed by atoms with Crippen molar-refractivity contribution in [3.8, 4) is 0 Å². The maximum Gasteiger partial charge on any atom is 0.323 e. The van der Waals surface area contributed by atoms with Gasteiger partial charge in [0.1, 0.15) is 12.4 Å². The normalized spacial score (nSPS) is 16.4. The number of hydrogen-bond donors (Lipinski definition) is 2. The third-order valence-corrected chi connectivity index (χ3v) is 5.62. The lowest BCUT2D eigenvalue weighted by atomic mass is 9.87. The van der Waals surface area contributed by atoms with Crippen molar-refractivity contribution < 1.29 is 19.1 Å². The lowest BCUT2D eigenvalue weighted by Gasteiger charge is -2.23. The molecule has 4 rings (SSSR count). The molecule has 154 valence electrons. The number of amides is 1. The molecule has 30 heavy (non-hydrogen) atoms. The molecule has 2 heterocycles. The molecule has 0 fully saturated rings. The summed E-state index contributed by atoms with van der Waals surface area (Å²) < 4.78 is 15.7. The van der Waals surface area contributed by atoms with E-state index in [-0.39, 0.29) is 24.2 Å². The van der Waals surface area contributed by atoms with Crippen molar-refractivity contribution in [1.82, 2.24) is 9.99 Å². The molecule has 1 aromatic heterocycles. The van der Waals surface area contributed by atoms with E-state index in [2.05, 4.69) is 10.5 Å². The summed E-state index contributed by atoms with van der Waals surface area (Å²) in [6, 6.07) is 14.3. The summed E-state index contributed by atoms with van der Waals surface area (Å²) in [6.45, 7) is 1.63. The van der Waals surface area contributed by atoms with E-state index in [1.165, 1.54) is 12.1 Å². The monoisotopic (exact) mass is 407 g/mol. The zero-order valence-corrected chi connectivity index (χ0v) is 16.6. The maximum atomic E-state index is 14.0. The van der Waals surface area contributed by atoms with E-state index in [0.717, 1.165) is 22.5 Å². The largest absolute Gasteiger partial charge is 0.480 e. The standard InChI is InChI=1S/C23H22FN3O3/c1-14-18(19-11-17(24)7-8-21(19)27(14)13-23(29)30)12-20-16(10-22(28)26-25-20)9-15-5-3-2-4-6-15/h2-8,11,16H,9-10,12-13H2,1H3,(H,26,28)(H,29,30). The van der Waals surface area contributed by atoms with Crippen LogP contribution in [0.5, 0.6) is 0 Å². The van der Waals surface area contributed by atoms with Gasteiger partial charge in [-0.05, 0) is 42.7 Å². The number of hydrazone groups is 1. The number of carbonyl (C=O) groups excluding carboxylic acids is 1. The number of rotatable bonds is 6. The molecule has 0 radical (unpaired) electrons. The van der Waals surface area contributed by atoms with E-state index in [1.54, 1.807) is 10.6 Å². The summed E-state index contributed by atoms with van der Waals surface area (Å²) in [7, 11) is 0. The fourth-order valence-corrected chi connectivity index (χ4v) is 4.15. The first-order valence-electron chi connectivity index (χ1n) is 9.80. The topological polar surface area (TPSA) is 83.7 Å². The summed E-state index contributed by atoms with van der Waals surface area (Å²) >= 11 is 0. The van der Waals surface area contributed by atoms with Gasteiger partial charge in [0.05, 0.1) is 0 Å². The van der Waals surface area contributed by atoms with Gasteiger partial charge in [-0.1, -0.05) is 30.3 Å². The van der Waals surface area contributed by atoms with E-state index >= 15 is 0 Å². The Bertz CT molecular complexity index is 1150. The quantitative estimate of drug-likeness (QED) is 0.657. The van der Waals surface area contributed by atoms with E-state index in [0.29, 0.717) is 30.2 Å². The van der Waals surface area contributed by atoms with Crippen molar-refractivity contribution in [3.63, 3.8) is 0 Å². The number of hydrogen-bond acceptors (Lipinski definition) is 3. The molecule has 2 N–H and O–H groups in total. The molecule has 1 atom stereocenters. The molecule has 2 aromatic carbocycles. The van der Waals surface area contributed by atoms with Crippen LogP contribution in [0.1, 0.15) is 23.2 Å². The SMILES string of the molecule is Cc1c(CC2=NNC(=O)CC2Cc2ccccc2)c2cc(F)ccc2n1CC(=O)O. The second kappa shape index (κ2) is 8.10. The maximum absolute atomic E-state index is 14.0. The van der Waals surface area contributed by atoms with Crippen LogP contribution in [-0.4, -0.2) is 27.3 Å². The lowest BCUT2D eigenvalue weighted by molar-refractivity contribution is -0.137. The Balaban J connectivity index is 1.73. The van der Waals surface area contributed by atoms with Gasteiger partial charge in [0.25, 0.3) is 0 Å². The van der Waals surface area contributed by atoms with Crippen LogP contribution >= 0.6 is 0 Å². The van der Waals surface area contributed by atoms with Gasteiger partial charge in [-0.25, -0.2) is 9.82 Å².